The highest BCUT2D eigenvalue weighted by atomic mass is 35.5. The lowest BCUT2D eigenvalue weighted by Crippen LogP contribution is -2.29. The Morgan fingerprint density at radius 1 is 1.11 bits per heavy atom. The molecule has 8 heteroatoms. The third kappa shape index (κ3) is 4.90. The van der Waals surface area contributed by atoms with Gasteiger partial charge in [0.1, 0.15) is 12.4 Å². The first-order valence-corrected chi connectivity index (χ1v) is 11.2. The maximum Gasteiger partial charge on any atom is 0.295 e. The van der Waals surface area contributed by atoms with E-state index in [1.807, 2.05) is 0 Å². The molecule has 1 atom stereocenters. The van der Waals surface area contributed by atoms with E-state index in [1.54, 1.807) is 73.1 Å². The van der Waals surface area contributed by atoms with Crippen LogP contribution in [0.1, 0.15) is 22.7 Å². The number of amides is 1. The molecule has 1 saturated heterocycles. The van der Waals surface area contributed by atoms with Crippen LogP contribution in [0.2, 0.25) is 5.02 Å². The Balaban J connectivity index is 1.86. The Bertz CT molecular complexity index is 1290. The number of benzene rings is 2. The molecule has 0 spiro atoms. The van der Waals surface area contributed by atoms with Crippen LogP contribution >= 0.6 is 11.6 Å². The van der Waals surface area contributed by atoms with Crippen LogP contribution in [0, 0.1) is 0 Å². The number of ketones is 1. The molecule has 35 heavy (non-hydrogen) atoms. The highest BCUT2D eigenvalue weighted by Gasteiger charge is 2.46. The van der Waals surface area contributed by atoms with Crippen molar-refractivity contribution in [2.24, 2.45) is 0 Å². The molecule has 0 bridgehead atoms. The monoisotopic (exact) mass is 490 g/mol. The smallest absolute Gasteiger partial charge is 0.295 e. The number of carbonyl (C=O) groups is 2. The average molecular weight is 491 g/mol. The van der Waals surface area contributed by atoms with Gasteiger partial charge in [-0.1, -0.05) is 30.3 Å². The highest BCUT2D eigenvalue weighted by Crippen LogP contribution is 2.42. The van der Waals surface area contributed by atoms with Crippen LogP contribution < -0.4 is 9.47 Å². The van der Waals surface area contributed by atoms with Crippen LogP contribution in [0.15, 0.2) is 85.2 Å². The number of pyridine rings is 1. The number of halogens is 1. The maximum atomic E-state index is 13.2. The van der Waals surface area contributed by atoms with Gasteiger partial charge in [0.2, 0.25) is 0 Å². The number of rotatable bonds is 8. The predicted octanol–water partition coefficient (Wildman–Crippen LogP) is 4.93. The van der Waals surface area contributed by atoms with E-state index in [1.165, 1.54) is 12.0 Å². The van der Waals surface area contributed by atoms with Gasteiger partial charge < -0.3 is 19.5 Å². The van der Waals surface area contributed by atoms with E-state index >= 15 is 0 Å². The first-order valence-electron chi connectivity index (χ1n) is 10.8. The summed E-state index contributed by atoms with van der Waals surface area (Å²) >= 11 is 5.99. The number of aliphatic hydroxyl groups excluding tert-OH is 1. The molecular weight excluding hydrogens is 468 g/mol. The molecule has 2 aromatic carbocycles. The van der Waals surface area contributed by atoms with Gasteiger partial charge >= 0.3 is 0 Å². The lowest BCUT2D eigenvalue weighted by Gasteiger charge is -2.26. The number of nitrogens with zero attached hydrogens (tertiary/aromatic N) is 2. The second-order valence-corrected chi connectivity index (χ2v) is 8.24. The number of methoxy groups -OCH3 is 1. The molecule has 4 rings (SSSR count). The summed E-state index contributed by atoms with van der Waals surface area (Å²) < 4.78 is 11.1. The SMILES string of the molecule is C=CCOc1ccc([C@H]2C(=C(O)c3ccc(Cl)cc3)C(=O)C(=O)N2Cc2ccncc2)cc1OC. The van der Waals surface area contributed by atoms with E-state index in [-0.39, 0.29) is 24.5 Å². The van der Waals surface area contributed by atoms with Gasteiger partial charge in [0.25, 0.3) is 11.7 Å². The molecule has 1 fully saturated rings. The molecule has 7 nitrogen and oxygen atoms in total. The van der Waals surface area contributed by atoms with E-state index in [0.29, 0.717) is 27.6 Å². The summed E-state index contributed by atoms with van der Waals surface area (Å²) in [5.74, 6) is -0.866. The van der Waals surface area contributed by atoms with Crippen LogP contribution in [0.3, 0.4) is 0 Å². The fraction of sp³-hybridized carbons (Fsp3) is 0.148. The molecule has 1 aliphatic heterocycles. The fourth-order valence-electron chi connectivity index (χ4n) is 3.96. The molecule has 1 amide bonds. The highest BCUT2D eigenvalue weighted by molar-refractivity contribution is 6.46. The zero-order valence-corrected chi connectivity index (χ0v) is 19.7. The van der Waals surface area contributed by atoms with Crippen molar-refractivity contribution in [2.45, 2.75) is 12.6 Å². The number of aliphatic hydroxyl groups is 1. The Morgan fingerprint density at radius 2 is 1.83 bits per heavy atom. The fourth-order valence-corrected chi connectivity index (χ4v) is 4.09. The van der Waals surface area contributed by atoms with Crippen molar-refractivity contribution < 1.29 is 24.2 Å². The number of Topliss-reactive ketones (excluding diaryl/α,β-unsaturated/α-hetero) is 1. The Hall–Kier alpha value is -4.10. The topological polar surface area (TPSA) is 89.0 Å². The van der Waals surface area contributed by atoms with Crippen LogP contribution in [0.4, 0.5) is 0 Å². The van der Waals surface area contributed by atoms with Gasteiger partial charge in [0.15, 0.2) is 11.5 Å². The van der Waals surface area contributed by atoms with E-state index < -0.39 is 17.7 Å². The average Bonchev–Trinajstić information content (AvgIpc) is 3.13. The van der Waals surface area contributed by atoms with E-state index in [0.717, 1.165) is 5.56 Å². The van der Waals surface area contributed by atoms with Crippen LogP contribution in [0.25, 0.3) is 5.76 Å². The molecule has 0 saturated carbocycles. The molecule has 3 aromatic rings. The Morgan fingerprint density at radius 3 is 2.49 bits per heavy atom. The van der Waals surface area contributed by atoms with E-state index in [9.17, 15) is 14.7 Å². The van der Waals surface area contributed by atoms with E-state index in [4.69, 9.17) is 21.1 Å². The Kier molecular flexibility index (Phi) is 7.17. The van der Waals surface area contributed by atoms with Crippen LogP contribution in [0.5, 0.6) is 11.5 Å². The first kappa shape index (κ1) is 24.0. The number of carbonyl (C=O) groups excluding carboxylic acids is 2. The number of aromatic nitrogens is 1. The number of hydrogen-bond acceptors (Lipinski definition) is 6. The molecular formula is C27H23ClN2O5. The molecule has 0 aliphatic carbocycles. The van der Waals surface area contributed by atoms with Crippen LogP contribution in [-0.2, 0) is 16.1 Å². The standard InChI is InChI=1S/C27H23ClN2O5/c1-3-14-35-21-9-6-19(15-22(21)34-2)24-23(25(31)18-4-7-20(28)8-5-18)26(32)27(33)30(24)16-17-10-12-29-13-11-17/h3-13,15,24,31H,1,14,16H2,2H3/t24-/m0/s1. The second-order valence-electron chi connectivity index (χ2n) is 7.80. The predicted molar refractivity (Wildman–Crippen MR) is 132 cm³/mol. The number of hydrogen-bond donors (Lipinski definition) is 1. The van der Waals surface area contributed by atoms with Crippen molar-refractivity contribution in [3.63, 3.8) is 0 Å². The third-order valence-electron chi connectivity index (χ3n) is 5.62. The first-order chi connectivity index (χ1) is 16.9. The van der Waals surface area contributed by atoms with E-state index in [2.05, 4.69) is 11.6 Å². The third-order valence-corrected chi connectivity index (χ3v) is 5.87. The summed E-state index contributed by atoms with van der Waals surface area (Å²) in [6.45, 7) is 4.08. The molecule has 1 N–H and O–H groups in total. The Labute approximate surface area is 207 Å². The summed E-state index contributed by atoms with van der Waals surface area (Å²) in [5, 5.41) is 11.7. The minimum atomic E-state index is -0.860. The van der Waals surface area contributed by atoms with Crippen molar-refractivity contribution in [1.82, 2.24) is 9.88 Å². The summed E-state index contributed by atoms with van der Waals surface area (Å²) in [4.78, 5) is 31.8. The largest absolute Gasteiger partial charge is 0.507 e. The van der Waals surface area contributed by atoms with Gasteiger partial charge in [-0.05, 0) is 59.7 Å². The minimum absolute atomic E-state index is 0.0202. The van der Waals surface area contributed by atoms with Crippen molar-refractivity contribution in [1.29, 1.82) is 0 Å². The molecule has 1 aromatic heterocycles. The summed E-state index contributed by atoms with van der Waals surface area (Å²) in [7, 11) is 1.50. The van der Waals surface area contributed by atoms with Gasteiger partial charge in [-0.25, -0.2) is 0 Å². The minimum Gasteiger partial charge on any atom is -0.507 e. The lowest BCUT2D eigenvalue weighted by atomic mass is 9.95. The summed E-state index contributed by atoms with van der Waals surface area (Å²) in [6.07, 6.45) is 4.84. The summed E-state index contributed by atoms with van der Waals surface area (Å²) in [5.41, 5.74) is 1.72. The van der Waals surface area contributed by atoms with Gasteiger partial charge in [-0.2, -0.15) is 0 Å². The summed E-state index contributed by atoms with van der Waals surface area (Å²) in [6, 6.07) is 14.2. The second kappa shape index (κ2) is 10.4. The number of ether oxygens (including phenoxy) is 2. The van der Waals surface area contributed by atoms with Crippen molar-refractivity contribution in [3.05, 3.63) is 107 Å². The molecule has 0 radical (unpaired) electrons. The molecule has 0 unspecified atom stereocenters. The van der Waals surface area contributed by atoms with Gasteiger partial charge in [0.05, 0.1) is 18.7 Å². The molecule has 178 valence electrons. The normalized spacial score (nSPS) is 16.9. The zero-order chi connectivity index (χ0) is 24.9. The van der Waals surface area contributed by atoms with Gasteiger partial charge in [0, 0.05) is 29.5 Å². The quantitative estimate of drug-likeness (QED) is 0.208. The number of likely N-dealkylation sites (tertiary alicyclic amines) is 1. The van der Waals surface area contributed by atoms with Gasteiger partial charge in [-0.3, -0.25) is 14.6 Å². The maximum absolute atomic E-state index is 13.2. The van der Waals surface area contributed by atoms with Gasteiger partial charge in [-0.15, -0.1) is 0 Å². The van der Waals surface area contributed by atoms with Crippen molar-refractivity contribution in [3.8, 4) is 11.5 Å². The molecule has 2 heterocycles. The van der Waals surface area contributed by atoms with Crippen molar-refractivity contribution >= 4 is 29.1 Å². The van der Waals surface area contributed by atoms with Crippen LogP contribution in [-0.4, -0.2) is 40.4 Å². The zero-order valence-electron chi connectivity index (χ0n) is 19.0. The molecule has 1 aliphatic rings. The lowest BCUT2D eigenvalue weighted by molar-refractivity contribution is -0.140. The van der Waals surface area contributed by atoms with Crippen molar-refractivity contribution in [2.75, 3.05) is 13.7 Å².